The van der Waals surface area contributed by atoms with Gasteiger partial charge in [0.25, 0.3) is 11.1 Å². The number of nitrogens with zero attached hydrogens (tertiary/aromatic N) is 1. The van der Waals surface area contributed by atoms with Crippen molar-refractivity contribution in [3.8, 4) is 11.1 Å². The summed E-state index contributed by atoms with van der Waals surface area (Å²) in [7, 11) is 0. The molecule has 2 aromatic rings. The molecule has 0 bridgehead atoms. The Labute approximate surface area is 154 Å². The summed E-state index contributed by atoms with van der Waals surface area (Å²) in [6.45, 7) is 0.202. The number of thioether (sulfide) groups is 1. The van der Waals surface area contributed by atoms with Crippen LogP contribution in [0.5, 0.6) is 0 Å². The van der Waals surface area contributed by atoms with E-state index >= 15 is 0 Å². The highest BCUT2D eigenvalue weighted by Crippen LogP contribution is 2.23. The highest BCUT2D eigenvalue weighted by molar-refractivity contribution is 8.18. The molecule has 1 aliphatic rings. The zero-order chi connectivity index (χ0) is 18.5. The van der Waals surface area contributed by atoms with Crippen LogP contribution in [0.1, 0.15) is 5.56 Å². The third kappa shape index (κ3) is 4.31. The first-order chi connectivity index (χ1) is 12.5. The predicted molar refractivity (Wildman–Crippen MR) is 99.5 cm³/mol. The average Bonchev–Trinajstić information content (AvgIpc) is 2.96. The molecule has 0 aromatic heterocycles. The zero-order valence-electron chi connectivity index (χ0n) is 13.7. The quantitative estimate of drug-likeness (QED) is 0.786. The van der Waals surface area contributed by atoms with Gasteiger partial charge >= 0.3 is 6.09 Å². The lowest BCUT2D eigenvalue weighted by molar-refractivity contribution is -0.115. The van der Waals surface area contributed by atoms with Crippen molar-refractivity contribution in [1.82, 2.24) is 10.2 Å². The van der Waals surface area contributed by atoms with E-state index in [1.165, 1.54) is 11.0 Å². The highest BCUT2D eigenvalue weighted by atomic mass is 32.2. The van der Waals surface area contributed by atoms with Crippen LogP contribution < -0.4 is 5.32 Å². The molecule has 0 unspecified atom stereocenters. The van der Waals surface area contributed by atoms with Crippen molar-refractivity contribution in [1.29, 1.82) is 0 Å². The molecule has 132 valence electrons. The summed E-state index contributed by atoms with van der Waals surface area (Å²) in [5.74, 6) is -0.489. The second-order valence-corrected chi connectivity index (χ2v) is 6.66. The molecule has 6 nitrogen and oxygen atoms in total. The molecule has 1 heterocycles. The molecular formula is C19H16N2O4S. The maximum atomic E-state index is 11.5. The number of benzene rings is 2. The van der Waals surface area contributed by atoms with Crippen molar-refractivity contribution in [3.05, 3.63) is 71.1 Å². The molecule has 0 spiro atoms. The number of rotatable bonds is 5. The first kappa shape index (κ1) is 17.8. The number of carbonyl (C=O) groups is 3. The summed E-state index contributed by atoms with van der Waals surface area (Å²) in [5.41, 5.74) is 2.89. The Kier molecular flexibility index (Phi) is 5.38. The fourth-order valence-corrected chi connectivity index (χ4v) is 3.21. The van der Waals surface area contributed by atoms with Gasteiger partial charge in [0, 0.05) is 13.1 Å². The van der Waals surface area contributed by atoms with Crippen LogP contribution in [-0.4, -0.2) is 33.8 Å². The SMILES string of the molecule is O=C1NC(=O)C(=CCN(Cc2cccc(-c3ccccc3)c2)C(=O)O)S1. The molecule has 1 fully saturated rings. The largest absolute Gasteiger partial charge is 0.465 e. The fraction of sp³-hybridized carbons (Fsp3) is 0.105. The van der Waals surface area contributed by atoms with Gasteiger partial charge in [-0.15, -0.1) is 0 Å². The molecule has 2 N–H and O–H groups in total. The smallest absolute Gasteiger partial charge is 0.407 e. The fourth-order valence-electron chi connectivity index (χ4n) is 2.56. The number of hydrogen-bond donors (Lipinski definition) is 2. The lowest BCUT2D eigenvalue weighted by Crippen LogP contribution is -2.29. The molecule has 26 heavy (non-hydrogen) atoms. The van der Waals surface area contributed by atoms with Crippen molar-refractivity contribution < 1.29 is 19.5 Å². The van der Waals surface area contributed by atoms with E-state index in [1.54, 1.807) is 0 Å². The lowest BCUT2D eigenvalue weighted by Gasteiger charge is -2.18. The van der Waals surface area contributed by atoms with E-state index in [9.17, 15) is 19.5 Å². The van der Waals surface area contributed by atoms with Gasteiger partial charge in [-0.1, -0.05) is 48.5 Å². The molecule has 7 heteroatoms. The van der Waals surface area contributed by atoms with E-state index in [2.05, 4.69) is 5.32 Å². The van der Waals surface area contributed by atoms with Crippen molar-refractivity contribution >= 4 is 29.0 Å². The van der Waals surface area contributed by atoms with Gasteiger partial charge in [-0.25, -0.2) is 4.79 Å². The van der Waals surface area contributed by atoms with Crippen LogP contribution in [0.15, 0.2) is 65.6 Å². The summed E-state index contributed by atoms with van der Waals surface area (Å²) in [6, 6.07) is 17.5. The summed E-state index contributed by atoms with van der Waals surface area (Å²) in [4.78, 5) is 35.6. The van der Waals surface area contributed by atoms with Gasteiger partial charge in [0.2, 0.25) is 0 Å². The summed E-state index contributed by atoms with van der Waals surface area (Å²) in [5, 5.41) is 11.1. The average molecular weight is 368 g/mol. The number of imide groups is 1. The third-order valence-electron chi connectivity index (χ3n) is 3.82. The molecular weight excluding hydrogens is 352 g/mol. The third-order valence-corrected chi connectivity index (χ3v) is 4.68. The number of nitrogens with one attached hydrogen (secondary N) is 1. The Hall–Kier alpha value is -3.06. The van der Waals surface area contributed by atoms with Crippen LogP contribution in [0.2, 0.25) is 0 Å². The normalized spacial score (nSPS) is 15.2. The van der Waals surface area contributed by atoms with Crippen LogP contribution in [0.4, 0.5) is 9.59 Å². The van der Waals surface area contributed by atoms with Crippen molar-refractivity contribution in [2.75, 3.05) is 6.54 Å². The van der Waals surface area contributed by atoms with E-state index in [-0.39, 0.29) is 18.0 Å². The zero-order valence-corrected chi connectivity index (χ0v) is 14.5. The molecule has 0 saturated carbocycles. The Morgan fingerprint density at radius 3 is 2.46 bits per heavy atom. The Morgan fingerprint density at radius 1 is 1.08 bits per heavy atom. The standard InChI is InChI=1S/C19H16N2O4S/c22-17-16(26-18(23)20-17)9-10-21(19(24)25)12-13-5-4-8-15(11-13)14-6-2-1-3-7-14/h1-9,11H,10,12H2,(H,24,25)(H,20,22,23). The van der Waals surface area contributed by atoms with E-state index in [0.717, 1.165) is 28.5 Å². The number of amides is 3. The van der Waals surface area contributed by atoms with Crippen molar-refractivity contribution in [2.24, 2.45) is 0 Å². The molecule has 2 aromatic carbocycles. The molecule has 3 amide bonds. The second kappa shape index (κ2) is 7.88. The maximum absolute atomic E-state index is 11.5. The number of carbonyl (C=O) groups excluding carboxylic acids is 2. The molecule has 0 atom stereocenters. The van der Waals surface area contributed by atoms with Crippen molar-refractivity contribution in [3.63, 3.8) is 0 Å². The maximum Gasteiger partial charge on any atom is 0.407 e. The van der Waals surface area contributed by atoms with Crippen LogP contribution in [-0.2, 0) is 11.3 Å². The topological polar surface area (TPSA) is 86.7 Å². The molecule has 0 aliphatic carbocycles. The minimum Gasteiger partial charge on any atom is -0.465 e. The summed E-state index contributed by atoms with van der Waals surface area (Å²) in [6.07, 6.45) is 0.363. The van der Waals surface area contributed by atoms with E-state index in [0.29, 0.717) is 0 Å². The number of hydrogen-bond acceptors (Lipinski definition) is 4. The van der Waals surface area contributed by atoms with Crippen LogP contribution in [0.3, 0.4) is 0 Å². The summed E-state index contributed by atoms with van der Waals surface area (Å²) >= 11 is 0.775. The first-order valence-electron chi connectivity index (χ1n) is 7.88. The Bertz CT molecular complexity index is 880. The monoisotopic (exact) mass is 368 g/mol. The molecule has 1 saturated heterocycles. The van der Waals surface area contributed by atoms with Gasteiger partial charge in [0.15, 0.2) is 0 Å². The van der Waals surface area contributed by atoms with Crippen LogP contribution >= 0.6 is 11.8 Å². The van der Waals surface area contributed by atoms with Gasteiger partial charge in [0.1, 0.15) is 0 Å². The minimum absolute atomic E-state index is 0.0218. The molecule has 1 aliphatic heterocycles. The minimum atomic E-state index is -1.10. The molecule has 0 radical (unpaired) electrons. The van der Waals surface area contributed by atoms with Crippen LogP contribution in [0, 0.1) is 0 Å². The first-order valence-corrected chi connectivity index (χ1v) is 8.70. The van der Waals surface area contributed by atoms with Gasteiger partial charge in [-0.05, 0) is 40.6 Å². The highest BCUT2D eigenvalue weighted by Gasteiger charge is 2.25. The van der Waals surface area contributed by atoms with Crippen LogP contribution in [0.25, 0.3) is 11.1 Å². The van der Waals surface area contributed by atoms with Gasteiger partial charge < -0.3 is 10.0 Å². The molecule has 3 rings (SSSR count). The Morgan fingerprint density at radius 2 is 1.81 bits per heavy atom. The van der Waals surface area contributed by atoms with E-state index in [1.807, 2.05) is 54.6 Å². The Balaban J connectivity index is 1.74. The van der Waals surface area contributed by atoms with Gasteiger partial charge in [-0.2, -0.15) is 0 Å². The lowest BCUT2D eigenvalue weighted by atomic mass is 10.0. The van der Waals surface area contributed by atoms with Gasteiger partial charge in [-0.3, -0.25) is 14.9 Å². The predicted octanol–water partition coefficient (Wildman–Crippen LogP) is 3.70. The summed E-state index contributed by atoms with van der Waals surface area (Å²) < 4.78 is 0. The van der Waals surface area contributed by atoms with Crippen molar-refractivity contribution in [2.45, 2.75) is 6.54 Å². The number of carboxylic acid groups (broad SMARTS) is 1. The van der Waals surface area contributed by atoms with E-state index < -0.39 is 17.2 Å². The van der Waals surface area contributed by atoms with Gasteiger partial charge in [0.05, 0.1) is 4.91 Å². The van der Waals surface area contributed by atoms with E-state index in [4.69, 9.17) is 0 Å². The second-order valence-electron chi connectivity index (χ2n) is 5.64.